The third kappa shape index (κ3) is 5.87. The lowest BCUT2D eigenvalue weighted by molar-refractivity contribution is -0.124. The molecule has 2 aromatic rings. The maximum Gasteiger partial charge on any atom is 0.404 e. The number of nitrogens with one attached hydrogen (secondary N) is 3. The average Bonchev–Trinajstić information content (AvgIpc) is 3.48. The highest BCUT2D eigenvalue weighted by Gasteiger charge is 2.51. The SMILES string of the molecule is CS(=O)(=O)Nc1cccc(C2(C(=O)N[C@@H](CN3CC[C@H](NC(=O)O)C3)c3ccccc3)CC2)c1. The summed E-state index contributed by atoms with van der Waals surface area (Å²) >= 11 is 0. The molecule has 2 amide bonds. The zero-order chi connectivity index (χ0) is 24.3. The lowest BCUT2D eigenvalue weighted by Gasteiger charge is -2.27. The molecule has 10 heteroatoms. The Bertz CT molecular complexity index is 1150. The van der Waals surface area contributed by atoms with Gasteiger partial charge in [0.05, 0.1) is 17.7 Å². The number of hydrogen-bond acceptors (Lipinski definition) is 5. The van der Waals surface area contributed by atoms with Crippen molar-refractivity contribution in [1.29, 1.82) is 0 Å². The molecule has 34 heavy (non-hydrogen) atoms. The highest BCUT2D eigenvalue weighted by molar-refractivity contribution is 7.92. The third-order valence-electron chi connectivity index (χ3n) is 6.45. The Kier molecular flexibility index (Phi) is 6.81. The quantitative estimate of drug-likeness (QED) is 0.431. The molecule has 4 rings (SSSR count). The van der Waals surface area contributed by atoms with Crippen LogP contribution in [0.1, 0.15) is 36.4 Å². The Morgan fingerprint density at radius 2 is 1.88 bits per heavy atom. The molecule has 1 heterocycles. The zero-order valence-corrected chi connectivity index (χ0v) is 19.8. The number of hydrogen-bond donors (Lipinski definition) is 4. The number of sulfonamides is 1. The number of likely N-dealkylation sites (tertiary alicyclic amines) is 1. The van der Waals surface area contributed by atoms with E-state index in [1.165, 1.54) is 0 Å². The lowest BCUT2D eigenvalue weighted by atomic mass is 9.93. The monoisotopic (exact) mass is 486 g/mol. The molecule has 0 aromatic heterocycles. The first-order valence-electron chi connectivity index (χ1n) is 11.3. The number of anilines is 1. The van der Waals surface area contributed by atoms with E-state index in [4.69, 9.17) is 5.11 Å². The Morgan fingerprint density at radius 3 is 2.53 bits per heavy atom. The second-order valence-electron chi connectivity index (χ2n) is 9.17. The second-order valence-corrected chi connectivity index (χ2v) is 10.9. The van der Waals surface area contributed by atoms with Gasteiger partial charge in [-0.25, -0.2) is 13.2 Å². The van der Waals surface area contributed by atoms with Crippen LogP contribution in [-0.2, 0) is 20.2 Å². The van der Waals surface area contributed by atoms with Gasteiger partial charge in [0.15, 0.2) is 0 Å². The van der Waals surface area contributed by atoms with Crippen LogP contribution in [0.2, 0.25) is 0 Å². The fraction of sp³-hybridized carbons (Fsp3) is 0.417. The first-order valence-corrected chi connectivity index (χ1v) is 13.2. The topological polar surface area (TPSA) is 128 Å². The molecule has 9 nitrogen and oxygen atoms in total. The van der Waals surface area contributed by atoms with Gasteiger partial charge in [0.1, 0.15) is 0 Å². The molecular formula is C24H30N4O5S. The van der Waals surface area contributed by atoms with Crippen molar-refractivity contribution in [2.24, 2.45) is 0 Å². The van der Waals surface area contributed by atoms with Gasteiger partial charge in [-0.1, -0.05) is 42.5 Å². The van der Waals surface area contributed by atoms with Crippen LogP contribution in [0.3, 0.4) is 0 Å². The van der Waals surface area contributed by atoms with E-state index in [-0.39, 0.29) is 18.0 Å². The first-order chi connectivity index (χ1) is 16.1. The van der Waals surface area contributed by atoms with Crippen molar-refractivity contribution < 1.29 is 23.1 Å². The molecule has 1 aliphatic carbocycles. The smallest absolute Gasteiger partial charge is 0.404 e. The summed E-state index contributed by atoms with van der Waals surface area (Å²) in [5.74, 6) is -0.0859. The minimum atomic E-state index is -3.42. The van der Waals surface area contributed by atoms with E-state index < -0.39 is 21.5 Å². The molecule has 4 N–H and O–H groups in total. The summed E-state index contributed by atoms with van der Waals surface area (Å²) in [5, 5.41) is 14.8. The van der Waals surface area contributed by atoms with E-state index in [1.807, 2.05) is 36.4 Å². The van der Waals surface area contributed by atoms with Crippen LogP contribution in [0.5, 0.6) is 0 Å². The van der Waals surface area contributed by atoms with Gasteiger partial charge in [-0.2, -0.15) is 0 Å². The number of nitrogens with zero attached hydrogens (tertiary/aromatic N) is 1. The fourth-order valence-corrected chi connectivity index (χ4v) is 5.19. The van der Waals surface area contributed by atoms with Crippen LogP contribution in [0.15, 0.2) is 54.6 Å². The Labute approximate surface area is 199 Å². The Balaban J connectivity index is 1.50. The van der Waals surface area contributed by atoms with Crippen molar-refractivity contribution >= 4 is 27.7 Å². The normalized spacial score (nSPS) is 20.3. The van der Waals surface area contributed by atoms with Crippen molar-refractivity contribution in [3.8, 4) is 0 Å². The van der Waals surface area contributed by atoms with Gasteiger partial charge in [-0.15, -0.1) is 0 Å². The zero-order valence-electron chi connectivity index (χ0n) is 19.0. The van der Waals surface area contributed by atoms with E-state index in [2.05, 4.69) is 20.3 Å². The maximum atomic E-state index is 13.5. The predicted octanol–water partition coefficient (Wildman–Crippen LogP) is 2.29. The number of amides is 2. The predicted molar refractivity (Wildman–Crippen MR) is 129 cm³/mol. The van der Waals surface area contributed by atoms with Gasteiger partial charge >= 0.3 is 6.09 Å². The Morgan fingerprint density at radius 1 is 1.15 bits per heavy atom. The standard InChI is InChI=1S/C24H30N4O5S/c1-34(32,33)27-19-9-5-8-18(14-19)24(11-12-24)22(29)26-21(17-6-3-2-4-7-17)16-28-13-10-20(15-28)25-23(30)31/h2-9,14,20-21,25,27H,10-13,15-16H2,1H3,(H,26,29)(H,30,31)/t20-,21-/m0/s1. The summed E-state index contributed by atoms with van der Waals surface area (Å²) in [7, 11) is -3.42. The van der Waals surface area contributed by atoms with Crippen LogP contribution in [0.25, 0.3) is 0 Å². The first kappa shape index (κ1) is 24.0. The summed E-state index contributed by atoms with van der Waals surface area (Å²) in [6.45, 7) is 1.91. The van der Waals surface area contributed by atoms with E-state index in [0.717, 1.165) is 30.3 Å². The van der Waals surface area contributed by atoms with Gasteiger partial charge in [0, 0.05) is 31.4 Å². The van der Waals surface area contributed by atoms with Crippen molar-refractivity contribution in [3.63, 3.8) is 0 Å². The largest absolute Gasteiger partial charge is 0.465 e. The summed E-state index contributed by atoms with van der Waals surface area (Å²) in [5.41, 5.74) is 1.53. The number of benzene rings is 2. The minimum Gasteiger partial charge on any atom is -0.465 e. The fourth-order valence-electron chi connectivity index (χ4n) is 4.63. The molecule has 2 atom stereocenters. The van der Waals surface area contributed by atoms with E-state index in [9.17, 15) is 18.0 Å². The molecular weight excluding hydrogens is 456 g/mol. The van der Waals surface area contributed by atoms with Crippen LogP contribution < -0.4 is 15.4 Å². The molecule has 1 aliphatic heterocycles. The third-order valence-corrected chi connectivity index (χ3v) is 7.06. The summed E-state index contributed by atoms with van der Waals surface area (Å²) in [6, 6.07) is 16.4. The Hall–Kier alpha value is -3.11. The molecule has 1 saturated carbocycles. The molecule has 2 aromatic carbocycles. The van der Waals surface area contributed by atoms with Gasteiger partial charge in [0.25, 0.3) is 0 Å². The molecule has 1 saturated heterocycles. The number of carbonyl (C=O) groups is 2. The highest BCUT2D eigenvalue weighted by Crippen LogP contribution is 2.49. The van der Waals surface area contributed by atoms with E-state index in [1.54, 1.807) is 18.2 Å². The van der Waals surface area contributed by atoms with E-state index >= 15 is 0 Å². The lowest BCUT2D eigenvalue weighted by Crippen LogP contribution is -2.43. The van der Waals surface area contributed by atoms with Crippen LogP contribution in [-0.4, -0.2) is 62.4 Å². The number of carboxylic acid groups (broad SMARTS) is 1. The van der Waals surface area contributed by atoms with Gasteiger partial charge in [-0.3, -0.25) is 14.4 Å². The van der Waals surface area contributed by atoms with Crippen LogP contribution >= 0.6 is 0 Å². The van der Waals surface area contributed by atoms with Crippen molar-refractivity contribution in [1.82, 2.24) is 15.5 Å². The second kappa shape index (κ2) is 9.63. The van der Waals surface area contributed by atoms with Gasteiger partial charge in [-0.05, 0) is 42.5 Å². The molecule has 0 bridgehead atoms. The minimum absolute atomic E-state index is 0.0859. The average molecular weight is 487 g/mol. The molecule has 0 radical (unpaired) electrons. The molecule has 2 fully saturated rings. The molecule has 182 valence electrons. The van der Waals surface area contributed by atoms with Gasteiger partial charge < -0.3 is 15.7 Å². The number of carbonyl (C=O) groups excluding carboxylic acids is 1. The van der Waals surface area contributed by atoms with Crippen LogP contribution in [0, 0.1) is 0 Å². The molecule has 2 aliphatic rings. The molecule has 0 spiro atoms. The summed E-state index contributed by atoms with van der Waals surface area (Å²) in [4.78, 5) is 26.7. The van der Waals surface area contributed by atoms with Crippen molar-refractivity contribution in [3.05, 3.63) is 65.7 Å². The van der Waals surface area contributed by atoms with Crippen molar-refractivity contribution in [2.45, 2.75) is 36.8 Å². The molecule has 0 unspecified atom stereocenters. The summed E-state index contributed by atoms with van der Waals surface area (Å²) < 4.78 is 25.7. The summed E-state index contributed by atoms with van der Waals surface area (Å²) in [6.07, 6.45) is 2.18. The maximum absolute atomic E-state index is 13.5. The van der Waals surface area contributed by atoms with Crippen LogP contribution in [0.4, 0.5) is 10.5 Å². The van der Waals surface area contributed by atoms with E-state index in [0.29, 0.717) is 31.6 Å². The van der Waals surface area contributed by atoms with Gasteiger partial charge in [0.2, 0.25) is 15.9 Å². The van der Waals surface area contributed by atoms with Crippen molar-refractivity contribution in [2.75, 3.05) is 30.6 Å². The highest BCUT2D eigenvalue weighted by atomic mass is 32.2. The number of rotatable bonds is 9.